The molecule has 1 amide bonds. The summed E-state index contributed by atoms with van der Waals surface area (Å²) in [5.41, 5.74) is 11.5. The molecule has 0 aromatic heterocycles. The molecule has 110 valence electrons. The van der Waals surface area contributed by atoms with E-state index in [9.17, 15) is 4.79 Å². The van der Waals surface area contributed by atoms with Crippen LogP contribution < -0.4 is 4.90 Å². The van der Waals surface area contributed by atoms with Crippen molar-refractivity contribution in [2.24, 2.45) is 11.0 Å². The Hall–Kier alpha value is -2.78. The van der Waals surface area contributed by atoms with Gasteiger partial charge in [-0.2, -0.15) is 0 Å². The van der Waals surface area contributed by atoms with Crippen LogP contribution in [0.2, 0.25) is 0 Å². The lowest BCUT2D eigenvalue weighted by atomic mass is 10.0. The highest BCUT2D eigenvalue weighted by Gasteiger charge is 2.31. The lowest BCUT2D eigenvalue weighted by Gasteiger charge is -2.20. The van der Waals surface area contributed by atoms with Crippen molar-refractivity contribution in [3.63, 3.8) is 0 Å². The maximum absolute atomic E-state index is 12.3. The number of para-hydroxylation sites is 1. The third-order valence-corrected chi connectivity index (χ3v) is 3.89. The Bertz CT molecular complexity index is 722. The standard InChI is InChI=1S/C17H16N4O/c18-20-19-11-13-10-17(22)21(12-13)16-9-5-4-8-15(16)14-6-2-1-3-7-14/h1-9,13H,10-12H2. The molecule has 0 N–H and O–H groups in total. The van der Waals surface area contributed by atoms with Crippen molar-refractivity contribution in [1.29, 1.82) is 0 Å². The number of amides is 1. The minimum absolute atomic E-state index is 0.0847. The van der Waals surface area contributed by atoms with Crippen LogP contribution in [0.3, 0.4) is 0 Å². The van der Waals surface area contributed by atoms with E-state index in [0.29, 0.717) is 19.5 Å². The first kappa shape index (κ1) is 14.2. The van der Waals surface area contributed by atoms with E-state index in [1.54, 1.807) is 4.90 Å². The van der Waals surface area contributed by atoms with Crippen LogP contribution in [0.4, 0.5) is 5.69 Å². The van der Waals surface area contributed by atoms with Gasteiger partial charge < -0.3 is 4.90 Å². The molecule has 0 spiro atoms. The minimum atomic E-state index is 0.0847. The average molecular weight is 292 g/mol. The highest BCUT2D eigenvalue weighted by Crippen LogP contribution is 2.34. The van der Waals surface area contributed by atoms with Crippen LogP contribution in [0.5, 0.6) is 0 Å². The van der Waals surface area contributed by atoms with Gasteiger partial charge in [-0.25, -0.2) is 0 Å². The first-order valence-electron chi connectivity index (χ1n) is 7.25. The van der Waals surface area contributed by atoms with Gasteiger partial charge in [-0.3, -0.25) is 4.79 Å². The number of carbonyl (C=O) groups is 1. The van der Waals surface area contributed by atoms with Crippen LogP contribution in [0.25, 0.3) is 21.6 Å². The number of benzene rings is 2. The molecule has 1 unspecified atom stereocenters. The smallest absolute Gasteiger partial charge is 0.227 e. The molecular weight excluding hydrogens is 276 g/mol. The molecule has 1 aliphatic heterocycles. The van der Waals surface area contributed by atoms with E-state index in [1.165, 1.54) is 0 Å². The molecule has 22 heavy (non-hydrogen) atoms. The van der Waals surface area contributed by atoms with Gasteiger partial charge in [0, 0.05) is 30.0 Å². The van der Waals surface area contributed by atoms with E-state index in [4.69, 9.17) is 5.53 Å². The first-order valence-corrected chi connectivity index (χ1v) is 7.25. The van der Waals surface area contributed by atoms with Gasteiger partial charge in [0.1, 0.15) is 0 Å². The number of carbonyl (C=O) groups excluding carboxylic acids is 1. The van der Waals surface area contributed by atoms with Gasteiger partial charge in [-0.1, -0.05) is 53.6 Å². The van der Waals surface area contributed by atoms with Crippen LogP contribution in [-0.2, 0) is 4.79 Å². The predicted octanol–water partition coefficient (Wildman–Crippen LogP) is 4.02. The Balaban J connectivity index is 1.93. The van der Waals surface area contributed by atoms with Crippen molar-refractivity contribution in [1.82, 2.24) is 0 Å². The molecule has 5 heteroatoms. The van der Waals surface area contributed by atoms with Crippen molar-refractivity contribution in [2.45, 2.75) is 6.42 Å². The van der Waals surface area contributed by atoms with Gasteiger partial charge in [0.25, 0.3) is 0 Å². The maximum atomic E-state index is 12.3. The lowest BCUT2D eigenvalue weighted by Crippen LogP contribution is -2.25. The summed E-state index contributed by atoms with van der Waals surface area (Å²) in [7, 11) is 0. The second-order valence-corrected chi connectivity index (χ2v) is 5.37. The number of azide groups is 1. The topological polar surface area (TPSA) is 69.1 Å². The fourth-order valence-electron chi connectivity index (χ4n) is 2.86. The molecule has 0 saturated carbocycles. The molecule has 5 nitrogen and oxygen atoms in total. The van der Waals surface area contributed by atoms with Gasteiger partial charge in [0.05, 0.1) is 5.69 Å². The maximum Gasteiger partial charge on any atom is 0.227 e. The molecule has 3 rings (SSSR count). The second kappa shape index (κ2) is 6.33. The third kappa shape index (κ3) is 2.80. The van der Waals surface area contributed by atoms with Gasteiger partial charge in [-0.05, 0) is 23.1 Å². The van der Waals surface area contributed by atoms with Crippen molar-refractivity contribution in [3.05, 3.63) is 65.0 Å². The highest BCUT2D eigenvalue weighted by atomic mass is 16.2. The molecule has 1 saturated heterocycles. The third-order valence-electron chi connectivity index (χ3n) is 3.89. The zero-order chi connectivity index (χ0) is 15.4. The van der Waals surface area contributed by atoms with Gasteiger partial charge in [0.2, 0.25) is 5.91 Å². The molecule has 2 aromatic rings. The fraction of sp³-hybridized carbons (Fsp3) is 0.235. The molecule has 0 radical (unpaired) electrons. The quantitative estimate of drug-likeness (QED) is 0.476. The van der Waals surface area contributed by atoms with E-state index in [0.717, 1.165) is 16.8 Å². The SMILES string of the molecule is [N-]=[N+]=NCC1CC(=O)N(c2ccccc2-c2ccccc2)C1. The molecule has 1 atom stereocenters. The monoisotopic (exact) mass is 292 g/mol. The summed E-state index contributed by atoms with van der Waals surface area (Å²) in [6.07, 6.45) is 0.433. The van der Waals surface area contributed by atoms with Crippen LogP contribution >= 0.6 is 0 Å². The zero-order valence-electron chi connectivity index (χ0n) is 12.1. The Morgan fingerprint density at radius 2 is 1.86 bits per heavy atom. The molecule has 0 aliphatic carbocycles. The Morgan fingerprint density at radius 1 is 1.14 bits per heavy atom. The van der Waals surface area contributed by atoms with Gasteiger partial charge >= 0.3 is 0 Å². The largest absolute Gasteiger partial charge is 0.312 e. The Morgan fingerprint density at radius 3 is 2.64 bits per heavy atom. The highest BCUT2D eigenvalue weighted by molar-refractivity contribution is 5.99. The van der Waals surface area contributed by atoms with Gasteiger partial charge in [-0.15, -0.1) is 0 Å². The predicted molar refractivity (Wildman–Crippen MR) is 86.4 cm³/mol. The number of hydrogen-bond acceptors (Lipinski definition) is 2. The number of hydrogen-bond donors (Lipinski definition) is 0. The molecular formula is C17H16N4O. The summed E-state index contributed by atoms with van der Waals surface area (Å²) in [6.45, 7) is 0.966. The van der Waals surface area contributed by atoms with Crippen molar-refractivity contribution >= 4 is 11.6 Å². The van der Waals surface area contributed by atoms with E-state index in [-0.39, 0.29) is 11.8 Å². The van der Waals surface area contributed by atoms with E-state index >= 15 is 0 Å². The van der Waals surface area contributed by atoms with Crippen LogP contribution in [0, 0.1) is 5.92 Å². The van der Waals surface area contributed by atoms with E-state index < -0.39 is 0 Å². The fourth-order valence-corrected chi connectivity index (χ4v) is 2.86. The van der Waals surface area contributed by atoms with Crippen LogP contribution in [0.15, 0.2) is 59.7 Å². The van der Waals surface area contributed by atoms with Crippen molar-refractivity contribution in [2.75, 3.05) is 18.0 Å². The summed E-state index contributed by atoms with van der Waals surface area (Å²) >= 11 is 0. The van der Waals surface area contributed by atoms with Gasteiger partial charge in [0.15, 0.2) is 0 Å². The second-order valence-electron chi connectivity index (χ2n) is 5.37. The summed E-state index contributed by atoms with van der Waals surface area (Å²) in [6, 6.07) is 17.9. The zero-order valence-corrected chi connectivity index (χ0v) is 12.1. The molecule has 1 fully saturated rings. The Kier molecular flexibility index (Phi) is 4.08. The van der Waals surface area contributed by atoms with Crippen LogP contribution in [-0.4, -0.2) is 19.0 Å². The number of rotatable bonds is 4. The molecule has 0 bridgehead atoms. The first-order chi connectivity index (χ1) is 10.8. The number of anilines is 1. The van der Waals surface area contributed by atoms with E-state index in [2.05, 4.69) is 10.0 Å². The molecule has 1 aliphatic rings. The Labute approximate surface area is 128 Å². The van der Waals surface area contributed by atoms with Crippen molar-refractivity contribution in [3.8, 4) is 11.1 Å². The molecule has 1 heterocycles. The van der Waals surface area contributed by atoms with Crippen molar-refractivity contribution < 1.29 is 4.79 Å². The average Bonchev–Trinajstić information content (AvgIpc) is 2.94. The summed E-state index contributed by atoms with van der Waals surface area (Å²) in [5, 5.41) is 3.60. The number of nitrogens with zero attached hydrogens (tertiary/aromatic N) is 4. The lowest BCUT2D eigenvalue weighted by molar-refractivity contribution is -0.117. The van der Waals surface area contributed by atoms with Crippen LogP contribution in [0.1, 0.15) is 6.42 Å². The normalized spacial score (nSPS) is 17.4. The summed E-state index contributed by atoms with van der Waals surface area (Å²) in [5.74, 6) is 0.175. The minimum Gasteiger partial charge on any atom is -0.312 e. The summed E-state index contributed by atoms with van der Waals surface area (Å²) < 4.78 is 0. The van der Waals surface area contributed by atoms with E-state index in [1.807, 2.05) is 54.6 Å². The summed E-state index contributed by atoms with van der Waals surface area (Å²) in [4.78, 5) is 16.9. The molecule has 2 aromatic carbocycles.